The molecule has 0 bridgehead atoms. The summed E-state index contributed by atoms with van der Waals surface area (Å²) in [5.74, 6) is -4.98. The van der Waals surface area contributed by atoms with Crippen molar-refractivity contribution in [3.05, 3.63) is 21.3 Å². The van der Waals surface area contributed by atoms with Crippen molar-refractivity contribution in [3.8, 4) is 0 Å². The van der Waals surface area contributed by atoms with Crippen LogP contribution >= 0.6 is 35.3 Å². The molecule has 1 atom stereocenters. The molecule has 1 aromatic rings. The Kier molecular flexibility index (Phi) is 5.00. The standard InChI is InChI=1S/C7H5ClF5NS.ClH/c8-3-1-2-15-4(3)5(14)6(9,10)7(11,12)13;/h1-2,5H,14H2;1H/t5-;/m0./s1. The molecule has 9 heteroatoms. The van der Waals surface area contributed by atoms with Gasteiger partial charge in [0.25, 0.3) is 0 Å². The summed E-state index contributed by atoms with van der Waals surface area (Å²) < 4.78 is 61.3. The summed E-state index contributed by atoms with van der Waals surface area (Å²) in [6, 6.07) is -1.25. The molecule has 1 rings (SSSR count). The van der Waals surface area contributed by atoms with Gasteiger partial charge in [-0.15, -0.1) is 23.7 Å². The lowest BCUT2D eigenvalue weighted by Crippen LogP contribution is -2.45. The van der Waals surface area contributed by atoms with E-state index in [0.29, 0.717) is 11.3 Å². The van der Waals surface area contributed by atoms with E-state index in [-0.39, 0.29) is 22.3 Å². The molecule has 0 saturated carbocycles. The lowest BCUT2D eigenvalue weighted by Gasteiger charge is -2.25. The van der Waals surface area contributed by atoms with Crippen molar-refractivity contribution < 1.29 is 22.0 Å². The molecule has 0 aliphatic carbocycles. The highest BCUT2D eigenvalue weighted by Gasteiger charge is 2.62. The highest BCUT2D eigenvalue weighted by Crippen LogP contribution is 2.45. The lowest BCUT2D eigenvalue weighted by atomic mass is 10.1. The second-order valence-corrected chi connectivity index (χ2v) is 4.09. The minimum absolute atomic E-state index is 0. The van der Waals surface area contributed by atoms with Crippen molar-refractivity contribution in [2.75, 3.05) is 0 Å². The van der Waals surface area contributed by atoms with Crippen molar-refractivity contribution in [2.24, 2.45) is 5.73 Å². The van der Waals surface area contributed by atoms with E-state index in [0.717, 1.165) is 0 Å². The fourth-order valence-corrected chi connectivity index (χ4v) is 2.08. The summed E-state index contributed by atoms with van der Waals surface area (Å²) in [6.07, 6.45) is -5.68. The summed E-state index contributed by atoms with van der Waals surface area (Å²) in [4.78, 5) is -0.376. The SMILES string of the molecule is Cl.N[C@@H](c1sccc1Cl)C(F)(F)C(F)(F)F. The molecule has 0 fully saturated rings. The average molecular weight is 302 g/mol. The van der Waals surface area contributed by atoms with Crippen molar-refractivity contribution in [2.45, 2.75) is 18.1 Å². The normalized spacial score (nSPS) is 14.4. The third-order valence-electron chi connectivity index (χ3n) is 1.70. The predicted octanol–water partition coefficient (Wildman–Crippen LogP) is 4.02. The third-order valence-corrected chi connectivity index (χ3v) is 3.14. The molecule has 0 radical (unpaired) electrons. The van der Waals surface area contributed by atoms with Crippen LogP contribution in [0.5, 0.6) is 0 Å². The minimum Gasteiger partial charge on any atom is -0.318 e. The molecule has 1 nitrogen and oxygen atoms in total. The fraction of sp³-hybridized carbons (Fsp3) is 0.429. The minimum atomic E-state index is -5.68. The number of hydrogen-bond acceptors (Lipinski definition) is 2. The van der Waals surface area contributed by atoms with Gasteiger partial charge < -0.3 is 5.73 Å². The van der Waals surface area contributed by atoms with Crippen molar-refractivity contribution in [3.63, 3.8) is 0 Å². The first kappa shape index (κ1) is 15.9. The van der Waals surface area contributed by atoms with Crippen LogP contribution in [0.4, 0.5) is 22.0 Å². The molecule has 0 aliphatic heterocycles. The smallest absolute Gasteiger partial charge is 0.318 e. The van der Waals surface area contributed by atoms with Gasteiger partial charge in [-0.2, -0.15) is 22.0 Å². The molecule has 0 unspecified atom stereocenters. The van der Waals surface area contributed by atoms with Gasteiger partial charge in [0.1, 0.15) is 6.04 Å². The molecule has 0 amide bonds. The van der Waals surface area contributed by atoms with Crippen LogP contribution in [0.3, 0.4) is 0 Å². The molecule has 0 spiro atoms. The number of hydrogen-bond donors (Lipinski definition) is 1. The van der Waals surface area contributed by atoms with Crippen LogP contribution in [-0.2, 0) is 0 Å². The van der Waals surface area contributed by atoms with Crippen LogP contribution in [0.1, 0.15) is 10.9 Å². The van der Waals surface area contributed by atoms with Crippen molar-refractivity contribution in [1.82, 2.24) is 0 Å². The second kappa shape index (κ2) is 5.03. The van der Waals surface area contributed by atoms with Gasteiger partial charge in [0, 0.05) is 4.88 Å². The third kappa shape index (κ3) is 2.77. The first-order valence-electron chi connectivity index (χ1n) is 3.61. The lowest BCUT2D eigenvalue weighted by molar-refractivity contribution is -0.290. The average Bonchev–Trinajstić information content (AvgIpc) is 2.48. The van der Waals surface area contributed by atoms with Gasteiger partial charge in [-0.1, -0.05) is 11.6 Å². The van der Waals surface area contributed by atoms with Gasteiger partial charge in [0.15, 0.2) is 0 Å². The first-order valence-corrected chi connectivity index (χ1v) is 4.86. The van der Waals surface area contributed by atoms with E-state index in [1.54, 1.807) is 0 Å². The van der Waals surface area contributed by atoms with Crippen LogP contribution < -0.4 is 5.73 Å². The summed E-state index contributed by atoms with van der Waals surface area (Å²) >= 11 is 6.08. The molecule has 0 saturated heterocycles. The van der Waals surface area contributed by atoms with E-state index in [9.17, 15) is 22.0 Å². The Labute approximate surface area is 103 Å². The van der Waals surface area contributed by atoms with E-state index in [1.807, 2.05) is 0 Å². The molecular formula is C7H6Cl2F5NS. The molecular weight excluding hydrogens is 296 g/mol. The highest BCUT2D eigenvalue weighted by atomic mass is 35.5. The topological polar surface area (TPSA) is 26.0 Å². The molecule has 0 aliphatic rings. The van der Waals surface area contributed by atoms with E-state index < -0.39 is 18.1 Å². The number of thiophene rings is 1. The number of halogens is 7. The number of nitrogens with two attached hydrogens (primary N) is 1. The Morgan fingerprint density at radius 1 is 1.25 bits per heavy atom. The van der Waals surface area contributed by atoms with Gasteiger partial charge in [0.05, 0.1) is 5.02 Å². The zero-order valence-corrected chi connectivity index (χ0v) is 9.78. The number of rotatable bonds is 2. The van der Waals surface area contributed by atoms with Crippen molar-refractivity contribution in [1.29, 1.82) is 0 Å². The van der Waals surface area contributed by atoms with E-state index in [2.05, 4.69) is 0 Å². The Balaban J connectivity index is 0.00000225. The Bertz CT molecular complexity index is 351. The summed E-state index contributed by atoms with van der Waals surface area (Å²) in [5.41, 5.74) is 4.86. The van der Waals surface area contributed by atoms with E-state index in [1.165, 1.54) is 11.4 Å². The predicted molar refractivity (Wildman–Crippen MR) is 54.5 cm³/mol. The molecule has 0 aromatic carbocycles. The van der Waals surface area contributed by atoms with Crippen LogP contribution in [0.25, 0.3) is 0 Å². The summed E-state index contributed by atoms with van der Waals surface area (Å²) in [6.45, 7) is 0. The first-order chi connectivity index (χ1) is 6.68. The molecule has 16 heavy (non-hydrogen) atoms. The largest absolute Gasteiger partial charge is 0.455 e. The maximum Gasteiger partial charge on any atom is 0.455 e. The van der Waals surface area contributed by atoms with Gasteiger partial charge in [-0.05, 0) is 11.4 Å². The Hall–Kier alpha value is -0.110. The zero-order valence-electron chi connectivity index (χ0n) is 7.39. The van der Waals surface area contributed by atoms with E-state index in [4.69, 9.17) is 17.3 Å². The van der Waals surface area contributed by atoms with Gasteiger partial charge >= 0.3 is 12.1 Å². The quantitative estimate of drug-likeness (QED) is 0.820. The van der Waals surface area contributed by atoms with Crippen LogP contribution in [-0.4, -0.2) is 12.1 Å². The molecule has 1 heterocycles. The number of alkyl halides is 5. The van der Waals surface area contributed by atoms with Crippen molar-refractivity contribution >= 4 is 35.3 Å². The van der Waals surface area contributed by atoms with Crippen LogP contribution in [0, 0.1) is 0 Å². The maximum atomic E-state index is 12.8. The Morgan fingerprint density at radius 3 is 2.06 bits per heavy atom. The molecule has 94 valence electrons. The van der Waals surface area contributed by atoms with Gasteiger partial charge in [0.2, 0.25) is 0 Å². The summed E-state index contributed by atoms with van der Waals surface area (Å²) in [5, 5.41) is 1.11. The molecule has 1 aromatic heterocycles. The zero-order chi connectivity index (χ0) is 11.9. The molecule has 2 N–H and O–H groups in total. The monoisotopic (exact) mass is 301 g/mol. The maximum absolute atomic E-state index is 12.8. The second-order valence-electron chi connectivity index (χ2n) is 2.73. The highest BCUT2D eigenvalue weighted by molar-refractivity contribution is 7.10. The fourth-order valence-electron chi connectivity index (χ4n) is 0.868. The Morgan fingerprint density at radius 2 is 1.75 bits per heavy atom. The van der Waals surface area contributed by atoms with Crippen LogP contribution in [0.15, 0.2) is 11.4 Å². The van der Waals surface area contributed by atoms with E-state index >= 15 is 0 Å². The van der Waals surface area contributed by atoms with Gasteiger partial charge in [-0.3, -0.25) is 0 Å². The van der Waals surface area contributed by atoms with Gasteiger partial charge in [-0.25, -0.2) is 0 Å². The summed E-state index contributed by atoms with van der Waals surface area (Å²) in [7, 11) is 0. The van der Waals surface area contributed by atoms with Crippen LogP contribution in [0.2, 0.25) is 5.02 Å².